The fourth-order valence-electron chi connectivity index (χ4n) is 4.36. The summed E-state index contributed by atoms with van der Waals surface area (Å²) in [5, 5.41) is 10.3. The topological polar surface area (TPSA) is 70.1 Å². The van der Waals surface area contributed by atoms with Crippen LogP contribution in [-0.4, -0.2) is 59.8 Å². The summed E-state index contributed by atoms with van der Waals surface area (Å²) in [4.78, 5) is 28.2. The molecule has 3 heterocycles. The van der Waals surface area contributed by atoms with E-state index < -0.39 is 11.7 Å². The molecule has 0 saturated carbocycles. The molecule has 1 aromatic carbocycles. The van der Waals surface area contributed by atoms with Gasteiger partial charge >= 0.3 is 0 Å². The van der Waals surface area contributed by atoms with Crippen molar-refractivity contribution in [2.45, 2.75) is 50.2 Å². The summed E-state index contributed by atoms with van der Waals surface area (Å²) in [7, 11) is 0. The van der Waals surface area contributed by atoms with Crippen LogP contribution in [0, 0.1) is 0 Å². The number of aliphatic hydroxyl groups is 1. The minimum Gasteiger partial charge on any atom is -0.390 e. The Morgan fingerprint density at radius 2 is 1.85 bits per heavy atom. The molecule has 0 bridgehead atoms. The summed E-state index contributed by atoms with van der Waals surface area (Å²) in [5.41, 5.74) is 1.04. The molecule has 0 unspecified atom stereocenters. The third kappa shape index (κ3) is 3.12. The first kappa shape index (κ1) is 17.5. The van der Waals surface area contributed by atoms with Crippen molar-refractivity contribution in [2.24, 2.45) is 0 Å². The first-order valence-electron chi connectivity index (χ1n) is 9.61. The minimum atomic E-state index is -0.463. The van der Waals surface area contributed by atoms with Gasteiger partial charge in [0.15, 0.2) is 0 Å². The van der Waals surface area contributed by atoms with Crippen molar-refractivity contribution < 1.29 is 19.4 Å². The van der Waals surface area contributed by atoms with Gasteiger partial charge in [0.05, 0.1) is 11.7 Å². The van der Waals surface area contributed by atoms with Crippen LogP contribution in [0.25, 0.3) is 0 Å². The summed E-state index contributed by atoms with van der Waals surface area (Å²) in [6, 6.07) is 7.32. The van der Waals surface area contributed by atoms with E-state index in [0.29, 0.717) is 44.5 Å². The van der Waals surface area contributed by atoms with E-state index in [2.05, 4.69) is 0 Å². The van der Waals surface area contributed by atoms with Crippen molar-refractivity contribution in [1.82, 2.24) is 4.90 Å². The highest BCUT2D eigenvalue weighted by Crippen LogP contribution is 2.35. The van der Waals surface area contributed by atoms with E-state index in [1.807, 2.05) is 17.0 Å². The molecule has 3 aliphatic heterocycles. The van der Waals surface area contributed by atoms with E-state index in [4.69, 9.17) is 4.74 Å². The summed E-state index contributed by atoms with van der Waals surface area (Å²) in [6.07, 6.45) is 4.11. The van der Waals surface area contributed by atoms with Gasteiger partial charge < -0.3 is 19.6 Å². The minimum absolute atomic E-state index is 0.00412. The maximum Gasteiger partial charge on any atom is 0.253 e. The average Bonchev–Trinajstić information content (AvgIpc) is 3.10. The Labute approximate surface area is 153 Å². The van der Waals surface area contributed by atoms with Gasteiger partial charge in [-0.25, -0.2) is 0 Å². The molecule has 0 radical (unpaired) electrons. The van der Waals surface area contributed by atoms with Gasteiger partial charge in [0.2, 0.25) is 5.91 Å². The van der Waals surface area contributed by atoms with Crippen molar-refractivity contribution in [3.63, 3.8) is 0 Å². The van der Waals surface area contributed by atoms with Crippen LogP contribution in [0.4, 0.5) is 5.69 Å². The van der Waals surface area contributed by atoms with Crippen LogP contribution < -0.4 is 4.90 Å². The molecule has 140 valence electrons. The second kappa shape index (κ2) is 7.00. The lowest BCUT2D eigenvalue weighted by Crippen LogP contribution is -2.56. The maximum atomic E-state index is 12.8. The average molecular weight is 358 g/mol. The number of hydrogen-bond donors (Lipinski definition) is 1. The molecule has 26 heavy (non-hydrogen) atoms. The van der Waals surface area contributed by atoms with Gasteiger partial charge in [0.1, 0.15) is 0 Å². The number of rotatable bonds is 2. The van der Waals surface area contributed by atoms with Crippen molar-refractivity contribution in [3.8, 4) is 0 Å². The van der Waals surface area contributed by atoms with Crippen molar-refractivity contribution in [1.29, 1.82) is 0 Å². The molecular formula is C20H26N2O4. The number of amides is 2. The molecule has 1 atom stereocenters. The van der Waals surface area contributed by atoms with Crippen LogP contribution in [0.5, 0.6) is 0 Å². The molecule has 2 amide bonds. The molecule has 6 nitrogen and oxygen atoms in total. The number of anilines is 1. The SMILES string of the molecule is O=C(c1ccc(N2CCCC2=O)cc1)N1CCC2(CC1)OCCC[C@@H]2O. The number of benzene rings is 1. The smallest absolute Gasteiger partial charge is 0.253 e. The van der Waals surface area contributed by atoms with E-state index in [-0.39, 0.29) is 11.8 Å². The van der Waals surface area contributed by atoms with Crippen LogP contribution in [-0.2, 0) is 9.53 Å². The molecule has 3 fully saturated rings. The van der Waals surface area contributed by atoms with Gasteiger partial charge in [0.25, 0.3) is 5.91 Å². The zero-order chi connectivity index (χ0) is 18.1. The molecule has 0 aromatic heterocycles. The summed E-state index contributed by atoms with van der Waals surface area (Å²) in [5.74, 6) is 0.154. The monoisotopic (exact) mass is 358 g/mol. The molecule has 1 aromatic rings. The number of likely N-dealkylation sites (tertiary alicyclic amines) is 1. The lowest BCUT2D eigenvalue weighted by molar-refractivity contribution is -0.174. The normalized spacial score (nSPS) is 25.7. The molecule has 6 heteroatoms. The lowest BCUT2D eigenvalue weighted by Gasteiger charge is -2.46. The highest BCUT2D eigenvalue weighted by Gasteiger charge is 2.44. The molecule has 3 saturated heterocycles. The van der Waals surface area contributed by atoms with Crippen molar-refractivity contribution >= 4 is 17.5 Å². The Bertz CT molecular complexity index is 680. The first-order valence-corrected chi connectivity index (χ1v) is 9.61. The Kier molecular flexibility index (Phi) is 4.71. The van der Waals surface area contributed by atoms with Gasteiger partial charge in [-0.05, 0) is 56.4 Å². The van der Waals surface area contributed by atoms with Gasteiger partial charge in [0, 0.05) is 43.9 Å². The maximum absolute atomic E-state index is 12.8. The zero-order valence-corrected chi connectivity index (χ0v) is 15.0. The molecule has 1 N–H and O–H groups in total. The number of carbonyl (C=O) groups is 2. The Morgan fingerprint density at radius 3 is 2.46 bits per heavy atom. The van der Waals surface area contributed by atoms with Crippen molar-refractivity contribution in [3.05, 3.63) is 29.8 Å². The van der Waals surface area contributed by atoms with E-state index >= 15 is 0 Å². The van der Waals surface area contributed by atoms with Gasteiger partial charge in [-0.15, -0.1) is 0 Å². The predicted molar refractivity (Wildman–Crippen MR) is 97.1 cm³/mol. The number of ether oxygens (including phenoxy) is 1. The predicted octanol–water partition coefficient (Wildman–Crippen LogP) is 1.96. The molecular weight excluding hydrogens is 332 g/mol. The van der Waals surface area contributed by atoms with Crippen LogP contribution in [0.15, 0.2) is 24.3 Å². The highest BCUT2D eigenvalue weighted by atomic mass is 16.5. The van der Waals surface area contributed by atoms with Crippen LogP contribution in [0.3, 0.4) is 0 Å². The van der Waals surface area contributed by atoms with Gasteiger partial charge in [-0.3, -0.25) is 9.59 Å². The van der Waals surface area contributed by atoms with Crippen LogP contribution >= 0.6 is 0 Å². The van der Waals surface area contributed by atoms with Crippen LogP contribution in [0.1, 0.15) is 48.9 Å². The Hall–Kier alpha value is -1.92. The third-order valence-corrected chi connectivity index (χ3v) is 6.02. The molecule has 0 aliphatic carbocycles. The summed E-state index contributed by atoms with van der Waals surface area (Å²) < 4.78 is 5.91. The third-order valence-electron chi connectivity index (χ3n) is 6.02. The Balaban J connectivity index is 1.40. The largest absolute Gasteiger partial charge is 0.390 e. The number of hydrogen-bond acceptors (Lipinski definition) is 4. The summed E-state index contributed by atoms with van der Waals surface area (Å²) in [6.45, 7) is 2.65. The van der Waals surface area contributed by atoms with Gasteiger partial charge in [-0.2, -0.15) is 0 Å². The molecule has 3 aliphatic rings. The second-order valence-electron chi connectivity index (χ2n) is 7.56. The number of carbonyl (C=O) groups excluding carboxylic acids is 2. The molecule has 4 rings (SSSR count). The lowest BCUT2D eigenvalue weighted by atomic mass is 9.82. The quantitative estimate of drug-likeness (QED) is 0.877. The number of nitrogens with zero attached hydrogens (tertiary/aromatic N) is 2. The number of piperidine rings is 1. The van der Waals surface area contributed by atoms with Crippen molar-refractivity contribution in [2.75, 3.05) is 31.1 Å². The first-order chi connectivity index (χ1) is 12.6. The fourth-order valence-corrected chi connectivity index (χ4v) is 4.36. The van der Waals surface area contributed by atoms with E-state index in [1.165, 1.54) is 0 Å². The standard InChI is InChI=1S/C20H26N2O4/c23-17-3-2-14-26-20(17)9-12-21(13-10-20)19(25)15-5-7-16(8-6-15)22-11-1-4-18(22)24/h5-8,17,23H,1-4,9-14H2/t17-/m0/s1. The van der Waals surface area contributed by atoms with E-state index in [0.717, 1.165) is 31.5 Å². The highest BCUT2D eigenvalue weighted by molar-refractivity contribution is 5.97. The van der Waals surface area contributed by atoms with Gasteiger partial charge in [-0.1, -0.05) is 0 Å². The fraction of sp³-hybridized carbons (Fsp3) is 0.600. The van der Waals surface area contributed by atoms with E-state index in [9.17, 15) is 14.7 Å². The number of aliphatic hydroxyl groups excluding tert-OH is 1. The zero-order valence-electron chi connectivity index (χ0n) is 15.0. The molecule has 1 spiro atoms. The summed E-state index contributed by atoms with van der Waals surface area (Å²) >= 11 is 0. The second-order valence-corrected chi connectivity index (χ2v) is 7.56. The Morgan fingerprint density at radius 1 is 1.12 bits per heavy atom. The van der Waals surface area contributed by atoms with Crippen LogP contribution in [0.2, 0.25) is 0 Å². The van der Waals surface area contributed by atoms with E-state index in [1.54, 1.807) is 17.0 Å².